The average molecular weight is 266 g/mol. The normalized spacial score (nSPS) is 10.5. The van der Waals surface area contributed by atoms with Gasteiger partial charge in [0.25, 0.3) is 0 Å². The number of unbranched alkanes of at least 4 members (excludes halogenated alkanes) is 2. The zero-order valence-electron chi connectivity index (χ0n) is 12.3. The van der Waals surface area contributed by atoms with Crippen molar-refractivity contribution >= 4 is 11.8 Å². The summed E-state index contributed by atoms with van der Waals surface area (Å²) in [5.74, 6) is 1.61. The summed E-state index contributed by atoms with van der Waals surface area (Å²) >= 11 is 0. The summed E-state index contributed by atoms with van der Waals surface area (Å²) in [6.45, 7) is 6.80. The molecule has 0 atom stereocenters. The molecule has 19 heavy (non-hydrogen) atoms. The Balaban J connectivity index is 2.34. The summed E-state index contributed by atoms with van der Waals surface area (Å²) < 4.78 is 5.03. The molecule has 1 aromatic rings. The summed E-state index contributed by atoms with van der Waals surface area (Å²) in [7, 11) is 1.74. The van der Waals surface area contributed by atoms with E-state index in [0.717, 1.165) is 50.5 Å². The summed E-state index contributed by atoms with van der Waals surface area (Å²) in [4.78, 5) is 8.81. The van der Waals surface area contributed by atoms with Crippen molar-refractivity contribution in [2.24, 2.45) is 0 Å². The van der Waals surface area contributed by atoms with E-state index < -0.39 is 0 Å². The predicted molar refractivity (Wildman–Crippen MR) is 79.8 cm³/mol. The summed E-state index contributed by atoms with van der Waals surface area (Å²) in [5.41, 5.74) is 0.982. The maximum Gasteiger partial charge on any atom is 0.224 e. The van der Waals surface area contributed by atoms with Crippen molar-refractivity contribution in [1.82, 2.24) is 9.97 Å². The Labute approximate surface area is 116 Å². The number of hydrogen-bond donors (Lipinski definition) is 2. The molecule has 0 bridgehead atoms. The van der Waals surface area contributed by atoms with E-state index in [1.165, 1.54) is 6.42 Å². The van der Waals surface area contributed by atoms with Crippen LogP contribution in [-0.4, -0.2) is 36.8 Å². The maximum atomic E-state index is 5.03. The fourth-order valence-corrected chi connectivity index (χ4v) is 1.74. The SMILES string of the molecule is CCCNc1nc(C)cc(NCCCCCOC)n1. The standard InChI is InChI=1S/C14H26N4O/c1-4-8-16-14-17-12(2)11-13(18-14)15-9-6-5-7-10-19-3/h11H,4-10H2,1-3H3,(H2,15,16,17,18). The molecule has 0 spiro atoms. The Bertz CT molecular complexity index is 357. The van der Waals surface area contributed by atoms with Gasteiger partial charge >= 0.3 is 0 Å². The minimum absolute atomic E-state index is 0.712. The Hall–Kier alpha value is -1.36. The molecule has 0 aromatic carbocycles. The molecule has 1 heterocycles. The molecule has 5 nitrogen and oxygen atoms in total. The number of methoxy groups -OCH3 is 1. The van der Waals surface area contributed by atoms with Gasteiger partial charge in [-0.2, -0.15) is 4.98 Å². The van der Waals surface area contributed by atoms with Crippen LogP contribution < -0.4 is 10.6 Å². The Morgan fingerprint density at radius 1 is 1.11 bits per heavy atom. The van der Waals surface area contributed by atoms with E-state index in [2.05, 4.69) is 27.5 Å². The number of rotatable bonds is 10. The highest BCUT2D eigenvalue weighted by Gasteiger charge is 2.01. The molecule has 0 fully saturated rings. The van der Waals surface area contributed by atoms with Crippen molar-refractivity contribution < 1.29 is 4.74 Å². The van der Waals surface area contributed by atoms with Crippen LogP contribution in [0.25, 0.3) is 0 Å². The number of nitrogens with one attached hydrogen (secondary N) is 2. The first-order valence-corrected chi connectivity index (χ1v) is 7.08. The second-order valence-corrected chi connectivity index (χ2v) is 4.63. The second-order valence-electron chi connectivity index (χ2n) is 4.63. The lowest BCUT2D eigenvalue weighted by Crippen LogP contribution is -2.09. The molecule has 0 unspecified atom stereocenters. The van der Waals surface area contributed by atoms with Gasteiger partial charge in [-0.1, -0.05) is 6.92 Å². The summed E-state index contributed by atoms with van der Waals surface area (Å²) in [6, 6.07) is 1.98. The second kappa shape index (κ2) is 9.55. The lowest BCUT2D eigenvalue weighted by molar-refractivity contribution is 0.192. The van der Waals surface area contributed by atoms with Gasteiger partial charge in [0.2, 0.25) is 5.95 Å². The van der Waals surface area contributed by atoms with Crippen LogP contribution in [0.4, 0.5) is 11.8 Å². The molecular formula is C14H26N4O. The first-order chi connectivity index (χ1) is 9.26. The predicted octanol–water partition coefficient (Wildman–Crippen LogP) is 2.84. The van der Waals surface area contributed by atoms with E-state index in [-0.39, 0.29) is 0 Å². The highest BCUT2D eigenvalue weighted by molar-refractivity contribution is 5.41. The van der Waals surface area contributed by atoms with Gasteiger partial charge in [0.15, 0.2) is 0 Å². The zero-order valence-corrected chi connectivity index (χ0v) is 12.3. The third-order valence-electron chi connectivity index (χ3n) is 2.72. The number of ether oxygens (including phenoxy) is 1. The quantitative estimate of drug-likeness (QED) is 0.638. The Morgan fingerprint density at radius 2 is 1.95 bits per heavy atom. The average Bonchev–Trinajstić information content (AvgIpc) is 2.40. The monoisotopic (exact) mass is 266 g/mol. The van der Waals surface area contributed by atoms with Crippen LogP contribution in [0.3, 0.4) is 0 Å². The first-order valence-electron chi connectivity index (χ1n) is 7.08. The maximum absolute atomic E-state index is 5.03. The third-order valence-corrected chi connectivity index (χ3v) is 2.72. The van der Waals surface area contributed by atoms with Gasteiger partial charge in [0.1, 0.15) is 5.82 Å². The van der Waals surface area contributed by atoms with Crippen LogP contribution in [-0.2, 0) is 4.74 Å². The van der Waals surface area contributed by atoms with E-state index in [1.54, 1.807) is 7.11 Å². The van der Waals surface area contributed by atoms with Gasteiger partial charge in [0.05, 0.1) is 0 Å². The fourth-order valence-electron chi connectivity index (χ4n) is 1.74. The largest absolute Gasteiger partial charge is 0.385 e. The van der Waals surface area contributed by atoms with Crippen molar-refractivity contribution in [3.8, 4) is 0 Å². The third kappa shape index (κ3) is 6.96. The summed E-state index contributed by atoms with van der Waals surface area (Å²) in [5, 5.41) is 6.56. The molecule has 0 radical (unpaired) electrons. The molecule has 0 saturated heterocycles. The molecule has 1 aromatic heterocycles. The molecule has 1 rings (SSSR count). The first kappa shape index (κ1) is 15.7. The molecule has 0 aliphatic rings. The van der Waals surface area contributed by atoms with E-state index >= 15 is 0 Å². The molecular weight excluding hydrogens is 240 g/mol. The Kier molecular flexibility index (Phi) is 7.89. The van der Waals surface area contributed by atoms with Crippen molar-refractivity contribution in [3.05, 3.63) is 11.8 Å². The molecule has 0 aliphatic heterocycles. The lowest BCUT2D eigenvalue weighted by atomic mass is 10.2. The zero-order chi connectivity index (χ0) is 13.9. The molecule has 2 N–H and O–H groups in total. The van der Waals surface area contributed by atoms with Gasteiger partial charge < -0.3 is 15.4 Å². The van der Waals surface area contributed by atoms with Crippen molar-refractivity contribution in [2.45, 2.75) is 39.5 Å². The van der Waals surface area contributed by atoms with Crippen LogP contribution in [0, 0.1) is 6.92 Å². The van der Waals surface area contributed by atoms with E-state index in [9.17, 15) is 0 Å². The highest BCUT2D eigenvalue weighted by Crippen LogP contribution is 2.10. The molecule has 0 amide bonds. The van der Waals surface area contributed by atoms with Gasteiger partial charge in [-0.15, -0.1) is 0 Å². The van der Waals surface area contributed by atoms with E-state index in [1.807, 2.05) is 13.0 Å². The molecule has 108 valence electrons. The van der Waals surface area contributed by atoms with Crippen LogP contribution in [0.5, 0.6) is 0 Å². The van der Waals surface area contributed by atoms with Gasteiger partial charge in [-0.05, 0) is 32.6 Å². The summed E-state index contributed by atoms with van der Waals surface area (Å²) in [6.07, 6.45) is 4.49. The van der Waals surface area contributed by atoms with Crippen molar-refractivity contribution in [1.29, 1.82) is 0 Å². The number of anilines is 2. The van der Waals surface area contributed by atoms with Crippen LogP contribution in [0.15, 0.2) is 6.07 Å². The van der Waals surface area contributed by atoms with E-state index in [0.29, 0.717) is 5.95 Å². The van der Waals surface area contributed by atoms with Gasteiger partial charge in [-0.3, -0.25) is 0 Å². The molecule has 0 aliphatic carbocycles. The van der Waals surface area contributed by atoms with Crippen LogP contribution in [0.2, 0.25) is 0 Å². The number of hydrogen-bond acceptors (Lipinski definition) is 5. The highest BCUT2D eigenvalue weighted by atomic mass is 16.5. The minimum atomic E-state index is 0.712. The molecule has 5 heteroatoms. The van der Waals surface area contributed by atoms with Gasteiger partial charge in [-0.25, -0.2) is 4.98 Å². The minimum Gasteiger partial charge on any atom is -0.385 e. The van der Waals surface area contributed by atoms with Crippen molar-refractivity contribution in [2.75, 3.05) is 37.4 Å². The van der Waals surface area contributed by atoms with Crippen LogP contribution >= 0.6 is 0 Å². The Morgan fingerprint density at radius 3 is 2.68 bits per heavy atom. The van der Waals surface area contributed by atoms with Crippen LogP contribution in [0.1, 0.15) is 38.3 Å². The number of nitrogens with zero attached hydrogens (tertiary/aromatic N) is 2. The molecule has 0 saturated carbocycles. The topological polar surface area (TPSA) is 59.1 Å². The number of aryl methyl sites for hydroxylation is 1. The van der Waals surface area contributed by atoms with Gasteiger partial charge in [0, 0.05) is 38.6 Å². The van der Waals surface area contributed by atoms with Crippen molar-refractivity contribution in [3.63, 3.8) is 0 Å². The van der Waals surface area contributed by atoms with E-state index in [4.69, 9.17) is 4.74 Å². The fraction of sp³-hybridized carbons (Fsp3) is 0.714. The lowest BCUT2D eigenvalue weighted by Gasteiger charge is -2.09. The number of aromatic nitrogens is 2. The smallest absolute Gasteiger partial charge is 0.224 e.